The van der Waals surface area contributed by atoms with Crippen molar-refractivity contribution in [1.29, 1.82) is 0 Å². The molecule has 10 nitrogen and oxygen atoms in total. The molecule has 0 spiro atoms. The molecular formula is C15H22N2O8. The second-order valence-corrected chi connectivity index (χ2v) is 4.22. The van der Waals surface area contributed by atoms with Crippen LogP contribution >= 0.6 is 0 Å². The van der Waals surface area contributed by atoms with Crippen molar-refractivity contribution in [3.63, 3.8) is 0 Å². The van der Waals surface area contributed by atoms with Crippen molar-refractivity contribution in [2.24, 2.45) is 0 Å². The highest BCUT2D eigenvalue weighted by Gasteiger charge is 2.04. The number of hydrogen-bond donors (Lipinski definition) is 2. The predicted octanol–water partition coefficient (Wildman–Crippen LogP) is 0.287. The molecular weight excluding hydrogens is 336 g/mol. The van der Waals surface area contributed by atoms with Crippen molar-refractivity contribution < 1.29 is 38.1 Å². The molecule has 0 heterocycles. The first kappa shape index (κ1) is 22.0. The van der Waals surface area contributed by atoms with Gasteiger partial charge in [-0.3, -0.25) is 0 Å². The van der Waals surface area contributed by atoms with Gasteiger partial charge in [-0.25, -0.2) is 19.2 Å². The van der Waals surface area contributed by atoms with Crippen LogP contribution in [0.4, 0.5) is 9.59 Å². The van der Waals surface area contributed by atoms with Gasteiger partial charge in [-0.1, -0.05) is 13.2 Å². The average Bonchev–Trinajstić information content (AvgIpc) is 2.61. The molecule has 10 heteroatoms. The van der Waals surface area contributed by atoms with Gasteiger partial charge < -0.3 is 29.6 Å². The van der Waals surface area contributed by atoms with Gasteiger partial charge in [0.15, 0.2) is 0 Å². The van der Waals surface area contributed by atoms with E-state index < -0.39 is 24.1 Å². The molecule has 140 valence electrons. The van der Waals surface area contributed by atoms with Crippen molar-refractivity contribution in [2.75, 3.05) is 39.5 Å². The van der Waals surface area contributed by atoms with Crippen LogP contribution in [0.5, 0.6) is 0 Å². The van der Waals surface area contributed by atoms with Gasteiger partial charge in [0, 0.05) is 25.2 Å². The quantitative estimate of drug-likeness (QED) is 0.220. The number of nitrogens with one attached hydrogen (secondary N) is 2. The molecule has 2 amide bonds. The molecule has 0 aliphatic carbocycles. The number of alkyl carbamates (subject to hydrolysis) is 2. The van der Waals surface area contributed by atoms with Crippen LogP contribution in [0.15, 0.2) is 25.3 Å². The Bertz CT molecular complexity index is 436. The maximum Gasteiger partial charge on any atom is 0.407 e. The molecule has 0 aromatic heterocycles. The predicted molar refractivity (Wildman–Crippen MR) is 85.6 cm³/mol. The second-order valence-electron chi connectivity index (χ2n) is 4.22. The lowest BCUT2D eigenvalue weighted by atomic mass is 10.4. The zero-order chi connectivity index (χ0) is 18.9. The normalized spacial score (nSPS) is 9.28. The van der Waals surface area contributed by atoms with Gasteiger partial charge in [-0.15, -0.1) is 0 Å². The number of carbonyl (C=O) groups excluding carboxylic acids is 4. The third kappa shape index (κ3) is 14.3. The van der Waals surface area contributed by atoms with Gasteiger partial charge >= 0.3 is 24.1 Å². The lowest BCUT2D eigenvalue weighted by molar-refractivity contribution is -0.139. The molecule has 0 saturated carbocycles. The monoisotopic (exact) mass is 358 g/mol. The maximum absolute atomic E-state index is 11.3. The number of rotatable bonds is 12. The van der Waals surface area contributed by atoms with Crippen LogP contribution in [0.2, 0.25) is 0 Å². The summed E-state index contributed by atoms with van der Waals surface area (Å²) in [4.78, 5) is 43.9. The number of amides is 2. The summed E-state index contributed by atoms with van der Waals surface area (Å²) >= 11 is 0. The van der Waals surface area contributed by atoms with Gasteiger partial charge in [0.1, 0.15) is 26.4 Å². The van der Waals surface area contributed by atoms with Crippen molar-refractivity contribution in [2.45, 2.75) is 6.42 Å². The molecule has 0 aliphatic heterocycles. The Balaban J connectivity index is 3.46. The van der Waals surface area contributed by atoms with E-state index >= 15 is 0 Å². The lowest BCUT2D eigenvalue weighted by Gasteiger charge is -2.08. The molecule has 0 rings (SSSR count). The van der Waals surface area contributed by atoms with Gasteiger partial charge in [-0.05, 0) is 6.42 Å². The molecule has 0 radical (unpaired) electrons. The Hall–Kier alpha value is -3.04. The molecule has 0 aliphatic rings. The third-order valence-corrected chi connectivity index (χ3v) is 2.35. The standard InChI is InChI=1S/C15H22N2O8/c1-3-12(18)22-8-10-24-14(20)16-6-5-7-17-15(21)25-11-9-23-13(19)4-2/h3-4H,1-2,5-11H2,(H,16,20)(H,17,21). The summed E-state index contributed by atoms with van der Waals surface area (Å²) < 4.78 is 18.7. The maximum atomic E-state index is 11.3. The minimum absolute atomic E-state index is 0.0617. The van der Waals surface area contributed by atoms with Crippen LogP contribution in [-0.4, -0.2) is 63.6 Å². The minimum Gasteiger partial charge on any atom is -0.459 e. The van der Waals surface area contributed by atoms with Crippen LogP contribution in [0, 0.1) is 0 Å². The number of carbonyl (C=O) groups is 4. The molecule has 0 saturated heterocycles. The topological polar surface area (TPSA) is 129 Å². The van der Waals surface area contributed by atoms with E-state index in [1.165, 1.54) is 0 Å². The summed E-state index contributed by atoms with van der Waals surface area (Å²) in [5.41, 5.74) is 0. The van der Waals surface area contributed by atoms with Gasteiger partial charge in [-0.2, -0.15) is 0 Å². The molecule has 0 fully saturated rings. The number of hydrogen-bond acceptors (Lipinski definition) is 8. The summed E-state index contributed by atoms with van der Waals surface area (Å²) in [5, 5.41) is 4.90. The average molecular weight is 358 g/mol. The Morgan fingerprint density at radius 2 is 1.04 bits per heavy atom. The number of esters is 2. The van der Waals surface area contributed by atoms with Crippen molar-refractivity contribution in [3.8, 4) is 0 Å². The first-order valence-corrected chi connectivity index (χ1v) is 7.39. The van der Waals surface area contributed by atoms with E-state index in [0.717, 1.165) is 12.2 Å². The molecule has 0 unspecified atom stereocenters. The Labute approximate surface area is 145 Å². The fraction of sp³-hybridized carbons (Fsp3) is 0.467. The summed E-state index contributed by atoms with van der Waals surface area (Å²) in [7, 11) is 0. The summed E-state index contributed by atoms with van der Waals surface area (Å²) in [6.07, 6.45) is 1.13. The lowest BCUT2D eigenvalue weighted by Crippen LogP contribution is -2.31. The van der Waals surface area contributed by atoms with Crippen LogP contribution < -0.4 is 10.6 Å². The van der Waals surface area contributed by atoms with Crippen molar-refractivity contribution in [1.82, 2.24) is 10.6 Å². The fourth-order valence-electron chi connectivity index (χ4n) is 1.24. The molecule has 2 N–H and O–H groups in total. The third-order valence-electron chi connectivity index (χ3n) is 2.35. The zero-order valence-corrected chi connectivity index (χ0v) is 13.8. The Morgan fingerprint density at radius 3 is 1.40 bits per heavy atom. The summed E-state index contributed by atoms with van der Waals surface area (Å²) in [6.45, 7) is 6.69. The second kappa shape index (κ2) is 14.5. The largest absolute Gasteiger partial charge is 0.459 e. The Kier molecular flexibility index (Phi) is 12.8. The van der Waals surface area contributed by atoms with E-state index in [-0.39, 0.29) is 39.5 Å². The molecule has 0 bridgehead atoms. The minimum atomic E-state index is -0.665. The first-order chi connectivity index (χ1) is 12.0. The highest BCUT2D eigenvalue weighted by Crippen LogP contribution is 1.85. The highest BCUT2D eigenvalue weighted by molar-refractivity contribution is 5.81. The Morgan fingerprint density at radius 1 is 0.680 bits per heavy atom. The van der Waals surface area contributed by atoms with Gasteiger partial charge in [0.2, 0.25) is 0 Å². The van der Waals surface area contributed by atoms with E-state index in [4.69, 9.17) is 9.47 Å². The van der Waals surface area contributed by atoms with Crippen LogP contribution in [0.1, 0.15) is 6.42 Å². The first-order valence-electron chi connectivity index (χ1n) is 7.39. The smallest absolute Gasteiger partial charge is 0.407 e. The molecule has 0 aromatic rings. The summed E-state index contributed by atoms with van der Waals surface area (Å²) in [6, 6.07) is 0. The van der Waals surface area contributed by atoms with Crippen LogP contribution in [0.25, 0.3) is 0 Å². The van der Waals surface area contributed by atoms with E-state index in [0.29, 0.717) is 6.42 Å². The molecule has 0 aromatic carbocycles. The SMILES string of the molecule is C=CC(=O)OCCOC(=O)NCCCNC(=O)OCCOC(=O)C=C. The van der Waals surface area contributed by atoms with Crippen LogP contribution in [0.3, 0.4) is 0 Å². The highest BCUT2D eigenvalue weighted by atomic mass is 16.6. The molecule has 25 heavy (non-hydrogen) atoms. The zero-order valence-electron chi connectivity index (χ0n) is 13.8. The summed E-state index contributed by atoms with van der Waals surface area (Å²) in [5.74, 6) is -1.19. The van der Waals surface area contributed by atoms with Gasteiger partial charge in [0.25, 0.3) is 0 Å². The fourth-order valence-corrected chi connectivity index (χ4v) is 1.24. The molecule has 0 atom stereocenters. The van der Waals surface area contributed by atoms with Crippen molar-refractivity contribution >= 4 is 24.1 Å². The van der Waals surface area contributed by atoms with E-state index in [9.17, 15) is 19.2 Å². The van der Waals surface area contributed by atoms with Gasteiger partial charge in [0.05, 0.1) is 0 Å². The number of ether oxygens (including phenoxy) is 4. The van der Waals surface area contributed by atoms with E-state index in [1.54, 1.807) is 0 Å². The van der Waals surface area contributed by atoms with Crippen molar-refractivity contribution in [3.05, 3.63) is 25.3 Å². The van der Waals surface area contributed by atoms with E-state index in [1.807, 2.05) is 0 Å². The van der Waals surface area contributed by atoms with E-state index in [2.05, 4.69) is 33.3 Å². The van der Waals surface area contributed by atoms with Crippen LogP contribution in [-0.2, 0) is 28.5 Å².